The van der Waals surface area contributed by atoms with Gasteiger partial charge in [-0.3, -0.25) is 14.6 Å². The first-order valence-corrected chi connectivity index (χ1v) is 14.0. The summed E-state index contributed by atoms with van der Waals surface area (Å²) in [7, 11) is 1.53. The number of nitrogens with zero attached hydrogens (tertiary/aromatic N) is 2. The molecule has 1 aromatic carbocycles. The fraction of sp³-hybridized carbons (Fsp3) is 0.655. The van der Waals surface area contributed by atoms with Crippen molar-refractivity contribution in [1.82, 2.24) is 9.80 Å². The Morgan fingerprint density at radius 2 is 1.65 bits per heavy atom. The van der Waals surface area contributed by atoms with Gasteiger partial charge in [0, 0.05) is 62.4 Å². The van der Waals surface area contributed by atoms with E-state index >= 15 is 0 Å². The highest BCUT2D eigenvalue weighted by Crippen LogP contribution is 2.46. The van der Waals surface area contributed by atoms with Gasteiger partial charge in [-0.05, 0) is 26.7 Å². The van der Waals surface area contributed by atoms with Gasteiger partial charge in [-0.1, -0.05) is 11.6 Å². The lowest BCUT2D eigenvalue weighted by atomic mass is 9.94. The molecule has 0 spiro atoms. The number of rotatable bonds is 13. The molecule has 0 saturated carbocycles. The quantitative estimate of drug-likeness (QED) is 0.282. The van der Waals surface area contributed by atoms with E-state index in [-0.39, 0.29) is 23.7 Å². The SMILES string of the molecule is COc1c(C)c2c(c(O)c1C/C=C(\C)CCC(=O)OCCN1CCOCC1)C(=O)O[C@@H]2OCCN1CCOCC1. The summed E-state index contributed by atoms with van der Waals surface area (Å²) in [6.45, 7) is 12.1. The predicted octanol–water partition coefficient (Wildman–Crippen LogP) is 2.37. The van der Waals surface area contributed by atoms with E-state index in [1.165, 1.54) is 7.11 Å². The van der Waals surface area contributed by atoms with Crippen molar-refractivity contribution < 1.29 is 43.1 Å². The second kappa shape index (κ2) is 14.8. The molecule has 0 amide bonds. The maximum absolute atomic E-state index is 12.8. The molecule has 1 aromatic rings. The normalized spacial score (nSPS) is 20.3. The zero-order chi connectivity index (χ0) is 28.5. The van der Waals surface area contributed by atoms with E-state index < -0.39 is 12.3 Å². The van der Waals surface area contributed by atoms with Crippen LogP contribution in [0.1, 0.15) is 53.1 Å². The summed E-state index contributed by atoms with van der Waals surface area (Å²) in [6.07, 6.45) is 2.17. The van der Waals surface area contributed by atoms with Crippen molar-refractivity contribution in [2.45, 2.75) is 39.4 Å². The van der Waals surface area contributed by atoms with Crippen LogP contribution in [0.3, 0.4) is 0 Å². The van der Waals surface area contributed by atoms with Gasteiger partial charge in [-0.15, -0.1) is 0 Å². The summed E-state index contributed by atoms with van der Waals surface area (Å²) in [5.41, 5.74) is 2.79. The molecule has 0 radical (unpaired) electrons. The van der Waals surface area contributed by atoms with Gasteiger partial charge in [0.1, 0.15) is 23.7 Å². The Hall–Kier alpha value is -2.70. The van der Waals surface area contributed by atoms with Gasteiger partial charge in [-0.25, -0.2) is 4.79 Å². The highest BCUT2D eigenvalue weighted by atomic mass is 16.7. The third-order valence-corrected chi connectivity index (χ3v) is 7.60. The van der Waals surface area contributed by atoms with Crippen LogP contribution in [0.2, 0.25) is 0 Å². The van der Waals surface area contributed by atoms with Crippen LogP contribution >= 0.6 is 0 Å². The predicted molar refractivity (Wildman–Crippen MR) is 146 cm³/mol. The van der Waals surface area contributed by atoms with Crippen molar-refractivity contribution in [2.24, 2.45) is 0 Å². The molecule has 3 aliphatic heterocycles. The minimum Gasteiger partial charge on any atom is -0.507 e. The summed E-state index contributed by atoms with van der Waals surface area (Å²) < 4.78 is 33.2. The highest BCUT2D eigenvalue weighted by molar-refractivity contribution is 5.98. The van der Waals surface area contributed by atoms with Crippen LogP contribution in [0, 0.1) is 6.92 Å². The van der Waals surface area contributed by atoms with Crippen LogP contribution in [-0.2, 0) is 34.9 Å². The molecule has 1 N–H and O–H groups in total. The molecule has 1 atom stereocenters. The van der Waals surface area contributed by atoms with E-state index in [9.17, 15) is 14.7 Å². The van der Waals surface area contributed by atoms with E-state index in [1.807, 2.05) is 19.9 Å². The number of cyclic esters (lactones) is 1. The van der Waals surface area contributed by atoms with Crippen LogP contribution in [0.15, 0.2) is 11.6 Å². The molecule has 3 aliphatic rings. The molecule has 11 nitrogen and oxygen atoms in total. The topological polar surface area (TPSA) is 116 Å². The van der Waals surface area contributed by atoms with Gasteiger partial charge in [-0.2, -0.15) is 0 Å². The molecule has 0 aliphatic carbocycles. The molecular formula is C29H42N2O9. The Kier molecular flexibility index (Phi) is 11.2. The molecule has 0 aromatic heterocycles. The number of fused-ring (bicyclic) bond motifs is 1. The monoisotopic (exact) mass is 562 g/mol. The van der Waals surface area contributed by atoms with Gasteiger partial charge in [0.25, 0.3) is 0 Å². The number of phenols is 1. The van der Waals surface area contributed by atoms with Crippen LogP contribution < -0.4 is 4.74 Å². The van der Waals surface area contributed by atoms with Gasteiger partial charge < -0.3 is 33.5 Å². The summed E-state index contributed by atoms with van der Waals surface area (Å²) in [5, 5.41) is 11.1. The molecule has 11 heteroatoms. The number of methoxy groups -OCH3 is 1. The number of ether oxygens (including phenoxy) is 6. The molecule has 2 fully saturated rings. The minimum absolute atomic E-state index is 0.125. The Bertz CT molecular complexity index is 1060. The van der Waals surface area contributed by atoms with Crippen molar-refractivity contribution >= 4 is 11.9 Å². The molecule has 3 heterocycles. The van der Waals surface area contributed by atoms with Gasteiger partial charge in [0.05, 0.1) is 40.1 Å². The Labute approximate surface area is 235 Å². The molecule has 0 unspecified atom stereocenters. The third kappa shape index (κ3) is 7.73. The maximum Gasteiger partial charge on any atom is 0.345 e. The number of esters is 2. The first-order chi connectivity index (χ1) is 19.4. The lowest BCUT2D eigenvalue weighted by Gasteiger charge is -2.27. The van der Waals surface area contributed by atoms with Crippen molar-refractivity contribution in [3.63, 3.8) is 0 Å². The van der Waals surface area contributed by atoms with Crippen molar-refractivity contribution in [2.75, 3.05) is 86.0 Å². The van der Waals surface area contributed by atoms with Gasteiger partial charge >= 0.3 is 11.9 Å². The second-order valence-electron chi connectivity index (χ2n) is 10.3. The first-order valence-electron chi connectivity index (χ1n) is 14.0. The van der Waals surface area contributed by atoms with Crippen molar-refractivity contribution in [3.05, 3.63) is 33.9 Å². The van der Waals surface area contributed by atoms with Crippen LogP contribution in [-0.4, -0.2) is 113 Å². The molecule has 0 bridgehead atoms. The number of morpholine rings is 2. The molecule has 222 valence electrons. The fourth-order valence-corrected chi connectivity index (χ4v) is 5.20. The number of carbonyl (C=O) groups is 2. The molecule has 4 rings (SSSR count). The zero-order valence-corrected chi connectivity index (χ0v) is 23.9. The number of benzene rings is 1. The number of allylic oxidation sites excluding steroid dienone is 2. The third-order valence-electron chi connectivity index (χ3n) is 7.60. The fourth-order valence-electron chi connectivity index (χ4n) is 5.20. The average Bonchev–Trinajstić information content (AvgIpc) is 3.30. The van der Waals surface area contributed by atoms with E-state index in [0.717, 1.165) is 31.8 Å². The van der Waals surface area contributed by atoms with Crippen LogP contribution in [0.4, 0.5) is 0 Å². The summed E-state index contributed by atoms with van der Waals surface area (Å²) in [4.78, 5) is 29.4. The lowest BCUT2D eigenvalue weighted by molar-refractivity contribution is -0.144. The van der Waals surface area contributed by atoms with Gasteiger partial charge in [0.2, 0.25) is 6.29 Å². The van der Waals surface area contributed by atoms with E-state index in [1.54, 1.807) is 0 Å². The summed E-state index contributed by atoms with van der Waals surface area (Å²) in [6, 6.07) is 0. The van der Waals surface area contributed by atoms with E-state index in [0.29, 0.717) is 88.0 Å². The number of phenolic OH excluding ortho intramolecular Hbond substituents is 1. The Balaban J connectivity index is 1.33. The Morgan fingerprint density at radius 3 is 2.27 bits per heavy atom. The molecule has 40 heavy (non-hydrogen) atoms. The van der Waals surface area contributed by atoms with Crippen LogP contribution in [0.25, 0.3) is 0 Å². The lowest BCUT2D eigenvalue weighted by Crippen LogP contribution is -2.38. The highest BCUT2D eigenvalue weighted by Gasteiger charge is 2.39. The minimum atomic E-state index is -0.899. The Morgan fingerprint density at radius 1 is 1.02 bits per heavy atom. The number of hydrogen-bond donors (Lipinski definition) is 1. The van der Waals surface area contributed by atoms with E-state index in [4.69, 9.17) is 28.4 Å². The second-order valence-corrected chi connectivity index (χ2v) is 10.3. The molecular weight excluding hydrogens is 520 g/mol. The van der Waals surface area contributed by atoms with Crippen LogP contribution in [0.5, 0.6) is 11.5 Å². The largest absolute Gasteiger partial charge is 0.507 e. The smallest absolute Gasteiger partial charge is 0.345 e. The standard InChI is InChI=1S/C29H42N2O9/c1-20(5-7-23(32)38-18-12-30-8-14-36-15-9-30)4-6-22-26(33)25-24(21(2)27(22)35-3)29(40-28(25)34)39-19-13-31-10-16-37-17-11-31/h4,29,33H,5-19H2,1-3H3/b20-4+/t29-/m0/s1. The summed E-state index contributed by atoms with van der Waals surface area (Å²) in [5.74, 6) is -0.523. The number of carbonyl (C=O) groups excluding carboxylic acids is 2. The maximum atomic E-state index is 12.8. The van der Waals surface area contributed by atoms with Crippen molar-refractivity contribution in [1.29, 1.82) is 0 Å². The zero-order valence-electron chi connectivity index (χ0n) is 23.9. The summed E-state index contributed by atoms with van der Waals surface area (Å²) >= 11 is 0. The van der Waals surface area contributed by atoms with Crippen molar-refractivity contribution in [3.8, 4) is 11.5 Å². The number of aromatic hydroxyl groups is 1. The van der Waals surface area contributed by atoms with Gasteiger partial charge in [0.15, 0.2) is 0 Å². The number of hydrogen-bond acceptors (Lipinski definition) is 11. The average molecular weight is 563 g/mol. The first kappa shape index (κ1) is 30.3. The molecule has 2 saturated heterocycles. The van der Waals surface area contributed by atoms with E-state index in [2.05, 4.69) is 9.80 Å².